The van der Waals surface area contributed by atoms with E-state index in [2.05, 4.69) is 31.0 Å². The van der Waals surface area contributed by atoms with E-state index in [9.17, 15) is 20.3 Å². The molecule has 2 rings (SSSR count). The number of rotatable bonds is 5. The Morgan fingerprint density at radius 2 is 1.71 bits per heavy atom. The summed E-state index contributed by atoms with van der Waals surface area (Å²) in [5, 5.41) is 38.2. The SMILES string of the molecule is CCC(C)(C)c1ccc(O)c(N=Nc2ccc([N+](=O)[O-])cc2O)c1. The molecule has 0 heterocycles. The maximum atomic E-state index is 10.7. The van der Waals surface area contributed by atoms with Crippen molar-refractivity contribution >= 4 is 17.1 Å². The number of nitrogens with zero attached hydrogens (tertiary/aromatic N) is 3. The Morgan fingerprint density at radius 1 is 1.04 bits per heavy atom. The van der Waals surface area contributed by atoms with E-state index in [-0.39, 0.29) is 34.0 Å². The van der Waals surface area contributed by atoms with Gasteiger partial charge in [-0.25, -0.2) is 0 Å². The van der Waals surface area contributed by atoms with Crippen molar-refractivity contribution in [1.82, 2.24) is 0 Å². The molecule has 0 saturated heterocycles. The normalized spacial score (nSPS) is 11.8. The van der Waals surface area contributed by atoms with Gasteiger partial charge in [0.05, 0.1) is 11.0 Å². The number of non-ortho nitro benzene ring substituents is 1. The number of aromatic hydroxyl groups is 2. The number of nitro benzene ring substituents is 1. The fraction of sp³-hybridized carbons (Fsp3) is 0.294. The summed E-state index contributed by atoms with van der Waals surface area (Å²) in [4.78, 5) is 10.0. The standard InChI is InChI=1S/C17H19N3O4/c1-4-17(2,3)11-5-8-15(21)14(9-11)19-18-13-7-6-12(20(23)24)10-16(13)22/h5-10,21-22H,4H2,1-3H3. The molecule has 0 aliphatic carbocycles. The Labute approximate surface area is 139 Å². The third-order valence-electron chi connectivity index (χ3n) is 4.08. The van der Waals surface area contributed by atoms with Gasteiger partial charge in [-0.15, -0.1) is 10.2 Å². The highest BCUT2D eigenvalue weighted by atomic mass is 16.6. The van der Waals surface area contributed by atoms with Gasteiger partial charge in [-0.3, -0.25) is 10.1 Å². The smallest absolute Gasteiger partial charge is 0.273 e. The molecule has 7 heteroatoms. The first-order valence-electron chi connectivity index (χ1n) is 7.47. The van der Waals surface area contributed by atoms with Crippen LogP contribution in [-0.2, 0) is 5.41 Å². The van der Waals surface area contributed by atoms with Crippen LogP contribution < -0.4 is 0 Å². The first kappa shape index (κ1) is 17.4. The Bertz CT molecular complexity index is 800. The van der Waals surface area contributed by atoms with E-state index >= 15 is 0 Å². The van der Waals surface area contributed by atoms with Gasteiger partial charge in [0, 0.05) is 6.07 Å². The van der Waals surface area contributed by atoms with Crippen LogP contribution in [0.2, 0.25) is 0 Å². The summed E-state index contributed by atoms with van der Waals surface area (Å²) in [7, 11) is 0. The van der Waals surface area contributed by atoms with Crippen LogP contribution >= 0.6 is 0 Å². The van der Waals surface area contributed by atoms with Crippen LogP contribution in [0, 0.1) is 10.1 Å². The minimum absolute atomic E-state index is 0.0317. The van der Waals surface area contributed by atoms with Gasteiger partial charge < -0.3 is 10.2 Å². The van der Waals surface area contributed by atoms with Gasteiger partial charge in [0.15, 0.2) is 0 Å². The Hall–Kier alpha value is -2.96. The maximum absolute atomic E-state index is 10.7. The number of phenols is 2. The first-order chi connectivity index (χ1) is 11.2. The third kappa shape index (κ3) is 3.68. The Morgan fingerprint density at radius 3 is 2.29 bits per heavy atom. The third-order valence-corrected chi connectivity index (χ3v) is 4.08. The highest BCUT2D eigenvalue weighted by Crippen LogP contribution is 2.37. The molecule has 0 unspecified atom stereocenters. The molecule has 0 fully saturated rings. The molecule has 2 aromatic carbocycles. The van der Waals surface area contributed by atoms with Crippen LogP contribution in [0.25, 0.3) is 0 Å². The molecule has 0 amide bonds. The van der Waals surface area contributed by atoms with Gasteiger partial charge in [0.2, 0.25) is 0 Å². The summed E-state index contributed by atoms with van der Waals surface area (Å²) >= 11 is 0. The summed E-state index contributed by atoms with van der Waals surface area (Å²) in [5.74, 6) is -0.381. The highest BCUT2D eigenvalue weighted by molar-refractivity contribution is 5.58. The van der Waals surface area contributed by atoms with Crippen molar-refractivity contribution in [3.63, 3.8) is 0 Å². The number of benzene rings is 2. The zero-order valence-electron chi connectivity index (χ0n) is 13.7. The largest absolute Gasteiger partial charge is 0.506 e. The van der Waals surface area contributed by atoms with Crippen LogP contribution in [0.5, 0.6) is 11.5 Å². The quantitative estimate of drug-likeness (QED) is 0.451. The molecule has 2 N–H and O–H groups in total. The summed E-state index contributed by atoms with van der Waals surface area (Å²) in [5.41, 5.74) is 1.05. The van der Waals surface area contributed by atoms with Crippen molar-refractivity contribution in [3.8, 4) is 11.5 Å². The summed E-state index contributed by atoms with van der Waals surface area (Å²) < 4.78 is 0. The van der Waals surface area contributed by atoms with Crippen molar-refractivity contribution in [1.29, 1.82) is 0 Å². The average Bonchev–Trinajstić information content (AvgIpc) is 2.54. The second-order valence-corrected chi connectivity index (χ2v) is 6.07. The van der Waals surface area contributed by atoms with Gasteiger partial charge in [-0.1, -0.05) is 26.8 Å². The van der Waals surface area contributed by atoms with Crippen molar-refractivity contribution in [3.05, 3.63) is 52.1 Å². The molecular weight excluding hydrogens is 310 g/mol. The highest BCUT2D eigenvalue weighted by Gasteiger charge is 2.19. The average molecular weight is 329 g/mol. The number of hydrogen-bond acceptors (Lipinski definition) is 6. The maximum Gasteiger partial charge on any atom is 0.273 e. The number of phenolic OH excluding ortho intramolecular Hbond substituents is 2. The summed E-state index contributed by atoms with van der Waals surface area (Å²) in [6.07, 6.45) is 0.914. The van der Waals surface area contributed by atoms with Crippen molar-refractivity contribution < 1.29 is 15.1 Å². The van der Waals surface area contributed by atoms with Crippen LogP contribution in [0.3, 0.4) is 0 Å². The lowest BCUT2D eigenvalue weighted by Gasteiger charge is -2.23. The van der Waals surface area contributed by atoms with E-state index in [0.29, 0.717) is 0 Å². The topological polar surface area (TPSA) is 108 Å². The Kier molecular flexibility index (Phi) is 4.82. The molecule has 2 aromatic rings. The summed E-state index contributed by atoms with van der Waals surface area (Å²) in [6.45, 7) is 6.24. The van der Waals surface area contributed by atoms with Crippen molar-refractivity contribution in [2.75, 3.05) is 0 Å². The van der Waals surface area contributed by atoms with Gasteiger partial charge >= 0.3 is 0 Å². The molecule has 126 valence electrons. The Balaban J connectivity index is 2.35. The minimum atomic E-state index is -0.608. The zero-order chi connectivity index (χ0) is 17.9. The lowest BCUT2D eigenvalue weighted by Crippen LogP contribution is -2.14. The van der Waals surface area contributed by atoms with Gasteiger partial charge in [0.1, 0.15) is 22.9 Å². The lowest BCUT2D eigenvalue weighted by atomic mass is 9.82. The molecular formula is C17H19N3O4. The monoisotopic (exact) mass is 329 g/mol. The zero-order valence-corrected chi connectivity index (χ0v) is 13.7. The fourth-order valence-electron chi connectivity index (χ4n) is 2.05. The van der Waals surface area contributed by atoms with Gasteiger partial charge in [-0.05, 0) is 35.6 Å². The van der Waals surface area contributed by atoms with Crippen LogP contribution in [-0.4, -0.2) is 15.1 Å². The van der Waals surface area contributed by atoms with E-state index in [1.54, 1.807) is 12.1 Å². The molecule has 0 radical (unpaired) electrons. The van der Waals surface area contributed by atoms with E-state index in [0.717, 1.165) is 18.1 Å². The number of hydrogen-bond donors (Lipinski definition) is 2. The van der Waals surface area contributed by atoms with Crippen molar-refractivity contribution in [2.45, 2.75) is 32.6 Å². The molecule has 0 bridgehead atoms. The molecule has 0 aliphatic rings. The first-order valence-corrected chi connectivity index (χ1v) is 7.47. The molecule has 0 saturated carbocycles. The molecule has 0 aliphatic heterocycles. The fourth-order valence-corrected chi connectivity index (χ4v) is 2.05. The molecule has 0 aromatic heterocycles. The van der Waals surface area contributed by atoms with E-state index < -0.39 is 4.92 Å². The minimum Gasteiger partial charge on any atom is -0.506 e. The second-order valence-electron chi connectivity index (χ2n) is 6.07. The second kappa shape index (κ2) is 6.66. The summed E-state index contributed by atoms with van der Waals surface area (Å²) in [6, 6.07) is 8.66. The van der Waals surface area contributed by atoms with Gasteiger partial charge in [-0.2, -0.15) is 0 Å². The van der Waals surface area contributed by atoms with Gasteiger partial charge in [0.25, 0.3) is 5.69 Å². The molecule has 0 spiro atoms. The number of azo groups is 1. The van der Waals surface area contributed by atoms with Crippen molar-refractivity contribution in [2.24, 2.45) is 10.2 Å². The van der Waals surface area contributed by atoms with E-state index in [4.69, 9.17) is 0 Å². The number of nitro groups is 1. The predicted molar refractivity (Wildman–Crippen MR) is 90.4 cm³/mol. The lowest BCUT2D eigenvalue weighted by molar-refractivity contribution is -0.384. The van der Waals surface area contributed by atoms with Crippen LogP contribution in [0.15, 0.2) is 46.6 Å². The van der Waals surface area contributed by atoms with Crippen LogP contribution in [0.1, 0.15) is 32.8 Å². The predicted octanol–water partition coefficient (Wildman–Crippen LogP) is 5.11. The molecule has 0 atom stereocenters. The van der Waals surface area contributed by atoms with E-state index in [1.165, 1.54) is 12.1 Å². The van der Waals surface area contributed by atoms with Crippen LogP contribution in [0.4, 0.5) is 17.1 Å². The molecule has 24 heavy (non-hydrogen) atoms. The molecule has 7 nitrogen and oxygen atoms in total. The van der Waals surface area contributed by atoms with E-state index in [1.807, 2.05) is 6.07 Å².